The van der Waals surface area contributed by atoms with Crippen molar-refractivity contribution >= 4 is 11.3 Å². The van der Waals surface area contributed by atoms with E-state index in [4.69, 9.17) is 4.74 Å². The van der Waals surface area contributed by atoms with E-state index in [9.17, 15) is 19.0 Å². The van der Waals surface area contributed by atoms with E-state index in [0.717, 1.165) is 20.9 Å². The molecule has 0 radical (unpaired) electrons. The molecule has 0 amide bonds. The van der Waals surface area contributed by atoms with Crippen molar-refractivity contribution in [2.45, 2.75) is 106 Å². The maximum atomic E-state index is 14.7. The lowest BCUT2D eigenvalue weighted by atomic mass is 9.91. The second-order valence-corrected chi connectivity index (χ2v) is 10.2. The first kappa shape index (κ1) is 38.6. The molecule has 1 aliphatic heterocycles. The van der Waals surface area contributed by atoms with Crippen LogP contribution in [0.4, 0.5) is 8.78 Å². The molecule has 2 N–H and O–H groups in total. The molecule has 3 nitrogen and oxygen atoms in total. The zero-order valence-electron chi connectivity index (χ0n) is 26.5. The molecule has 4 rings (SSSR count). The highest BCUT2D eigenvalue weighted by Gasteiger charge is 2.30. The van der Waals surface area contributed by atoms with Gasteiger partial charge in [-0.2, -0.15) is 0 Å². The molecule has 230 valence electrons. The number of aryl methyl sites for hydroxylation is 1. The van der Waals surface area contributed by atoms with Gasteiger partial charge in [0.15, 0.2) is 0 Å². The summed E-state index contributed by atoms with van der Waals surface area (Å²) in [4.78, 5) is 2.26. The lowest BCUT2D eigenvalue weighted by Gasteiger charge is -2.33. The summed E-state index contributed by atoms with van der Waals surface area (Å²) in [5.74, 6) is -0.345. The zero-order valence-corrected chi connectivity index (χ0v) is 27.3. The summed E-state index contributed by atoms with van der Waals surface area (Å²) in [6, 6.07) is 17.6. The van der Waals surface area contributed by atoms with Crippen LogP contribution in [0.15, 0.2) is 67.3 Å². The van der Waals surface area contributed by atoms with Crippen LogP contribution in [0.25, 0.3) is 10.4 Å². The van der Waals surface area contributed by atoms with Crippen LogP contribution in [0.2, 0.25) is 0 Å². The number of alkyl halides is 1. The molecule has 3 aromatic rings. The van der Waals surface area contributed by atoms with Gasteiger partial charge in [-0.3, -0.25) is 0 Å². The smallest absolute Gasteiger partial charge is 0.127 e. The lowest BCUT2D eigenvalue weighted by molar-refractivity contribution is -0.113. The van der Waals surface area contributed by atoms with E-state index in [1.807, 2.05) is 54.5 Å². The Labute approximate surface area is 251 Å². The van der Waals surface area contributed by atoms with Crippen LogP contribution in [0, 0.1) is 12.7 Å². The predicted octanol–water partition coefficient (Wildman–Crippen LogP) is 10.2. The highest BCUT2D eigenvalue weighted by Crippen LogP contribution is 2.38. The zero-order chi connectivity index (χ0) is 31.5. The summed E-state index contributed by atoms with van der Waals surface area (Å²) < 4.78 is 32.0. The second-order valence-electron chi connectivity index (χ2n) is 9.04. The molecule has 0 saturated carbocycles. The number of hydrogen-bond donors (Lipinski definition) is 2. The molecule has 2 heterocycles. The number of benzene rings is 2. The Bertz CT molecular complexity index is 1100. The summed E-state index contributed by atoms with van der Waals surface area (Å²) >= 11 is 1.68. The molecule has 41 heavy (non-hydrogen) atoms. The average molecular weight is 591 g/mol. The third-order valence-electron chi connectivity index (χ3n) is 6.15. The van der Waals surface area contributed by atoms with E-state index in [-0.39, 0.29) is 30.5 Å². The molecular formula is C35H52F2O3S. The molecule has 1 saturated heterocycles. The molecular weight excluding hydrogens is 538 g/mol. The summed E-state index contributed by atoms with van der Waals surface area (Å²) in [5.41, 5.74) is 3.85. The van der Waals surface area contributed by atoms with Crippen LogP contribution >= 0.6 is 11.3 Å². The third kappa shape index (κ3) is 12.6. The molecule has 5 unspecified atom stereocenters. The molecule has 5 atom stereocenters. The van der Waals surface area contributed by atoms with Gasteiger partial charge < -0.3 is 14.9 Å². The molecule has 2 aromatic carbocycles. The fraction of sp³-hybridized carbons (Fsp3) is 0.486. The second kappa shape index (κ2) is 21.3. The maximum Gasteiger partial charge on any atom is 0.127 e. The van der Waals surface area contributed by atoms with Crippen molar-refractivity contribution in [3.05, 3.63) is 94.6 Å². The van der Waals surface area contributed by atoms with E-state index >= 15 is 0 Å². The summed E-state index contributed by atoms with van der Waals surface area (Å²) in [6.45, 7) is 20.6. The first-order valence-electron chi connectivity index (χ1n) is 14.9. The van der Waals surface area contributed by atoms with Gasteiger partial charge in [0, 0.05) is 28.5 Å². The number of halogens is 2. The van der Waals surface area contributed by atoms with Crippen LogP contribution in [-0.2, 0) is 4.74 Å². The first-order chi connectivity index (χ1) is 19.7. The SMILES string of the molecule is C=CC(C)F.CC.CC.CC.Cc1ccc(-c2ccc(C(C)c3cc(C4CC(O)CC(CO)O4)ccc3F)s2)cc1. The minimum atomic E-state index is -0.852. The standard InChI is InChI=1S/C25H27FO3S.C4H7F.3C2H6/c1-15-3-5-17(6-4-15)25-10-9-24(30-25)16(2)21-11-18(7-8-22(21)26)23-13-19(28)12-20(14-27)29-23;1-3-4(2)5;3*1-2/h3-11,16,19-20,23,27-28H,12-14H2,1-2H3;3-4H,1H2,2H3;3*1-2H3. The summed E-state index contributed by atoms with van der Waals surface area (Å²) in [6.07, 6.45) is 0.0140. The Hall–Kier alpha value is -2.38. The monoisotopic (exact) mass is 590 g/mol. The Morgan fingerprint density at radius 3 is 2.10 bits per heavy atom. The molecule has 0 spiro atoms. The minimum absolute atomic E-state index is 0.101. The topological polar surface area (TPSA) is 49.7 Å². The molecule has 0 aliphatic carbocycles. The highest BCUT2D eigenvalue weighted by atomic mass is 32.1. The van der Waals surface area contributed by atoms with Crippen LogP contribution in [0.1, 0.15) is 102 Å². The van der Waals surface area contributed by atoms with E-state index in [2.05, 4.69) is 49.9 Å². The van der Waals surface area contributed by atoms with Gasteiger partial charge in [0.2, 0.25) is 0 Å². The molecule has 1 fully saturated rings. The maximum absolute atomic E-state index is 14.7. The predicted molar refractivity (Wildman–Crippen MR) is 173 cm³/mol. The van der Waals surface area contributed by atoms with Gasteiger partial charge >= 0.3 is 0 Å². The summed E-state index contributed by atoms with van der Waals surface area (Å²) in [5, 5.41) is 19.5. The van der Waals surface area contributed by atoms with Crippen molar-refractivity contribution < 1.29 is 23.7 Å². The Morgan fingerprint density at radius 2 is 1.56 bits per heavy atom. The fourth-order valence-corrected chi connectivity index (χ4v) is 5.11. The van der Waals surface area contributed by atoms with E-state index in [1.54, 1.807) is 17.4 Å². The van der Waals surface area contributed by atoms with Gasteiger partial charge in [-0.1, -0.05) is 90.4 Å². The number of hydrogen-bond acceptors (Lipinski definition) is 4. The van der Waals surface area contributed by atoms with Crippen molar-refractivity contribution in [2.24, 2.45) is 0 Å². The molecule has 0 bridgehead atoms. The van der Waals surface area contributed by atoms with Crippen LogP contribution in [0.5, 0.6) is 0 Å². The Kier molecular flexibility index (Phi) is 20.1. The number of ether oxygens (including phenoxy) is 1. The van der Waals surface area contributed by atoms with E-state index < -0.39 is 12.3 Å². The van der Waals surface area contributed by atoms with E-state index in [1.165, 1.54) is 24.6 Å². The fourth-order valence-electron chi connectivity index (χ4n) is 4.03. The third-order valence-corrected chi connectivity index (χ3v) is 7.47. The van der Waals surface area contributed by atoms with Crippen LogP contribution in [0.3, 0.4) is 0 Å². The minimum Gasteiger partial charge on any atom is -0.394 e. The van der Waals surface area contributed by atoms with Gasteiger partial charge in [0.05, 0.1) is 24.9 Å². The quantitative estimate of drug-likeness (QED) is 0.281. The normalized spacial score (nSPS) is 18.8. The van der Waals surface area contributed by atoms with Crippen molar-refractivity contribution in [1.82, 2.24) is 0 Å². The highest BCUT2D eigenvalue weighted by molar-refractivity contribution is 7.15. The number of rotatable bonds is 6. The largest absolute Gasteiger partial charge is 0.394 e. The lowest BCUT2D eigenvalue weighted by Crippen LogP contribution is -2.33. The van der Waals surface area contributed by atoms with Gasteiger partial charge in [-0.25, -0.2) is 8.78 Å². The molecule has 1 aliphatic rings. The van der Waals surface area contributed by atoms with Crippen LogP contribution < -0.4 is 0 Å². The van der Waals surface area contributed by atoms with Gasteiger partial charge in [-0.15, -0.1) is 17.9 Å². The number of thiophene rings is 1. The van der Waals surface area contributed by atoms with Crippen LogP contribution in [-0.4, -0.2) is 35.2 Å². The van der Waals surface area contributed by atoms with Crippen molar-refractivity contribution in [3.8, 4) is 10.4 Å². The van der Waals surface area contributed by atoms with E-state index in [0.29, 0.717) is 18.4 Å². The molecule has 6 heteroatoms. The first-order valence-corrected chi connectivity index (χ1v) is 15.7. The number of aliphatic hydroxyl groups excluding tert-OH is 2. The van der Waals surface area contributed by atoms with Gasteiger partial charge in [-0.05, 0) is 54.8 Å². The van der Waals surface area contributed by atoms with Crippen molar-refractivity contribution in [2.75, 3.05) is 6.61 Å². The van der Waals surface area contributed by atoms with Crippen molar-refractivity contribution in [3.63, 3.8) is 0 Å². The Balaban J connectivity index is 0.00000128. The van der Waals surface area contributed by atoms with Gasteiger partial charge in [0.1, 0.15) is 12.0 Å². The number of allylic oxidation sites excluding steroid dienone is 1. The molecule has 1 aromatic heterocycles. The van der Waals surface area contributed by atoms with Gasteiger partial charge in [0.25, 0.3) is 0 Å². The average Bonchev–Trinajstić information content (AvgIpc) is 3.51. The summed E-state index contributed by atoms with van der Waals surface area (Å²) in [7, 11) is 0. The van der Waals surface area contributed by atoms with Crippen molar-refractivity contribution in [1.29, 1.82) is 0 Å². The number of aliphatic hydroxyl groups is 2. The Morgan fingerprint density at radius 1 is 0.976 bits per heavy atom.